The van der Waals surface area contributed by atoms with Gasteiger partial charge in [0.1, 0.15) is 23.3 Å². The van der Waals surface area contributed by atoms with Crippen LogP contribution < -0.4 is 15.0 Å². The molecule has 2 aliphatic heterocycles. The molecule has 2 aromatic rings. The minimum absolute atomic E-state index is 0.00837. The lowest BCUT2D eigenvalue weighted by molar-refractivity contribution is -0.120. The number of hydrogen-bond donors (Lipinski definition) is 1. The van der Waals surface area contributed by atoms with Crippen molar-refractivity contribution in [3.63, 3.8) is 0 Å². The molecule has 2 aliphatic rings. The van der Waals surface area contributed by atoms with E-state index in [0.717, 1.165) is 18.9 Å². The lowest BCUT2D eigenvalue weighted by Gasteiger charge is -2.27. The van der Waals surface area contributed by atoms with Crippen LogP contribution in [0.3, 0.4) is 0 Å². The van der Waals surface area contributed by atoms with Crippen molar-refractivity contribution in [3.05, 3.63) is 41.3 Å². The summed E-state index contributed by atoms with van der Waals surface area (Å²) in [6.07, 6.45) is 4.02. The maximum Gasteiger partial charge on any atom is 0.256 e. The molecule has 0 unspecified atom stereocenters. The molecule has 1 N–H and O–H groups in total. The highest BCUT2D eigenvalue weighted by Gasteiger charge is 2.45. The van der Waals surface area contributed by atoms with Crippen LogP contribution in [0.1, 0.15) is 26.2 Å². The number of aromatic nitrogens is 1. The molecule has 10 heteroatoms. The second-order valence-corrected chi connectivity index (χ2v) is 7.81. The highest BCUT2D eigenvalue weighted by Crippen LogP contribution is 2.39. The van der Waals surface area contributed by atoms with E-state index in [4.69, 9.17) is 28.6 Å². The molecule has 7 nitrogen and oxygen atoms in total. The van der Waals surface area contributed by atoms with Gasteiger partial charge in [0.15, 0.2) is 5.11 Å². The molecule has 1 atom stereocenters. The number of carbonyl (C=O) groups is 2. The van der Waals surface area contributed by atoms with E-state index in [9.17, 15) is 14.0 Å². The van der Waals surface area contributed by atoms with Gasteiger partial charge in [-0.05, 0) is 49.7 Å². The molecule has 3 heterocycles. The average Bonchev–Trinajstić information content (AvgIpc) is 2.96. The van der Waals surface area contributed by atoms with Crippen LogP contribution in [-0.4, -0.2) is 39.4 Å². The Morgan fingerprint density at radius 3 is 2.93 bits per heavy atom. The zero-order chi connectivity index (χ0) is 21.4. The Hall–Kier alpha value is -2.78. The van der Waals surface area contributed by atoms with E-state index in [1.54, 1.807) is 12.1 Å². The number of halogens is 2. The fourth-order valence-electron chi connectivity index (χ4n) is 3.64. The molecule has 4 rings (SSSR count). The molecule has 156 valence electrons. The Morgan fingerprint density at radius 1 is 1.40 bits per heavy atom. The first kappa shape index (κ1) is 20.5. The summed E-state index contributed by atoms with van der Waals surface area (Å²) >= 11 is 11.6. The first-order chi connectivity index (χ1) is 14.4. The van der Waals surface area contributed by atoms with Crippen LogP contribution in [0.2, 0.25) is 5.02 Å². The summed E-state index contributed by atoms with van der Waals surface area (Å²) in [5.74, 6) is -1.09. The number of fused-ring (bicyclic) bond motifs is 1. The van der Waals surface area contributed by atoms with Gasteiger partial charge in [0.2, 0.25) is 11.8 Å². The highest BCUT2D eigenvalue weighted by atomic mass is 35.5. The van der Waals surface area contributed by atoms with Crippen LogP contribution in [0.4, 0.5) is 15.8 Å². The Balaban J connectivity index is 1.70. The van der Waals surface area contributed by atoms with Crippen LogP contribution in [-0.2, 0) is 9.59 Å². The monoisotopic (exact) mass is 448 g/mol. The molecule has 0 aliphatic carbocycles. The van der Waals surface area contributed by atoms with Crippen LogP contribution >= 0.6 is 23.8 Å². The van der Waals surface area contributed by atoms with Crippen molar-refractivity contribution < 1.29 is 18.7 Å². The number of amides is 2. The second-order valence-electron chi connectivity index (χ2n) is 7.03. The van der Waals surface area contributed by atoms with E-state index in [0.29, 0.717) is 18.7 Å². The molecule has 30 heavy (non-hydrogen) atoms. The minimum Gasteiger partial charge on any atom is -0.435 e. The predicted molar refractivity (Wildman–Crippen MR) is 114 cm³/mol. The molecular formula is C20H18ClFN4O3S. The van der Waals surface area contributed by atoms with Gasteiger partial charge in [-0.25, -0.2) is 9.37 Å². The molecule has 1 aromatic carbocycles. The maximum atomic E-state index is 14.8. The third-order valence-corrected chi connectivity index (χ3v) is 5.69. The number of anilines is 2. The van der Waals surface area contributed by atoms with E-state index in [1.807, 2.05) is 4.90 Å². The maximum absolute atomic E-state index is 14.8. The number of hydrogen-bond acceptors (Lipinski definition) is 5. The van der Waals surface area contributed by atoms with Crippen molar-refractivity contribution in [3.8, 4) is 11.6 Å². The molecule has 0 radical (unpaired) electrons. The zero-order valence-electron chi connectivity index (χ0n) is 16.0. The van der Waals surface area contributed by atoms with E-state index in [1.165, 1.54) is 24.1 Å². The van der Waals surface area contributed by atoms with Gasteiger partial charge in [-0.3, -0.25) is 14.5 Å². The van der Waals surface area contributed by atoms with Gasteiger partial charge < -0.3 is 15.0 Å². The third kappa shape index (κ3) is 3.70. The predicted octanol–water partition coefficient (Wildman–Crippen LogP) is 4.11. The summed E-state index contributed by atoms with van der Waals surface area (Å²) < 4.78 is 20.6. The summed E-state index contributed by atoms with van der Waals surface area (Å²) in [5, 5.41) is 2.87. The van der Waals surface area contributed by atoms with Crippen molar-refractivity contribution >= 4 is 52.1 Å². The number of rotatable bonds is 4. The SMILES string of the molecule is CC(=O)Nc1cccnc1Oc1cc(N2C(=O)[C@H]3CCCCN3C2=S)c(F)cc1Cl. The van der Waals surface area contributed by atoms with Gasteiger partial charge in [-0.15, -0.1) is 0 Å². The first-order valence-corrected chi connectivity index (χ1v) is 10.2. The minimum atomic E-state index is -0.689. The number of piperidine rings is 1. The molecule has 2 saturated heterocycles. The summed E-state index contributed by atoms with van der Waals surface area (Å²) in [7, 11) is 0. The van der Waals surface area contributed by atoms with Crippen LogP contribution in [0.15, 0.2) is 30.5 Å². The summed E-state index contributed by atoms with van der Waals surface area (Å²) in [6.45, 7) is 2.02. The Labute approximate surface area is 182 Å². The smallest absolute Gasteiger partial charge is 0.256 e. The fraction of sp³-hybridized carbons (Fsp3) is 0.300. The summed E-state index contributed by atoms with van der Waals surface area (Å²) in [5.41, 5.74) is 0.299. The summed E-state index contributed by atoms with van der Waals surface area (Å²) in [4.78, 5) is 31.5. The van der Waals surface area contributed by atoms with Gasteiger partial charge in [0, 0.05) is 25.7 Å². The van der Waals surface area contributed by atoms with Crippen molar-refractivity contribution in [2.45, 2.75) is 32.2 Å². The number of benzene rings is 1. The number of nitrogens with one attached hydrogen (secondary N) is 1. The molecule has 2 fully saturated rings. The molecule has 0 spiro atoms. The topological polar surface area (TPSA) is 74.8 Å². The third-order valence-electron chi connectivity index (χ3n) is 4.98. The standard InChI is InChI=1S/C20H18ClFN4O3S/c1-11(27)24-14-5-4-7-23-18(14)29-17-10-16(13(22)9-12(17)21)26-19(28)15-6-2-3-8-25(15)20(26)30/h4-5,7,9-10,15H,2-3,6,8H2,1H3,(H,24,27)/t15-/m1/s1. The quantitative estimate of drug-likeness (QED) is 0.709. The number of thiocarbonyl (C=S) groups is 1. The fourth-order valence-corrected chi connectivity index (χ4v) is 4.24. The van der Waals surface area contributed by atoms with Crippen molar-refractivity contribution in [2.75, 3.05) is 16.8 Å². The van der Waals surface area contributed by atoms with Crippen LogP contribution in [0.5, 0.6) is 11.6 Å². The lowest BCUT2D eigenvalue weighted by Crippen LogP contribution is -2.38. The van der Waals surface area contributed by atoms with E-state index in [2.05, 4.69) is 10.3 Å². The van der Waals surface area contributed by atoms with Gasteiger partial charge in [-0.1, -0.05) is 11.6 Å². The molecule has 0 bridgehead atoms. The van der Waals surface area contributed by atoms with E-state index in [-0.39, 0.29) is 45.3 Å². The van der Waals surface area contributed by atoms with Crippen LogP contribution in [0.25, 0.3) is 0 Å². The number of carbonyl (C=O) groups excluding carboxylic acids is 2. The highest BCUT2D eigenvalue weighted by molar-refractivity contribution is 7.80. The number of pyridine rings is 1. The van der Waals surface area contributed by atoms with E-state index < -0.39 is 5.82 Å². The van der Waals surface area contributed by atoms with Gasteiger partial charge >= 0.3 is 0 Å². The average molecular weight is 449 g/mol. The molecule has 0 saturated carbocycles. The Morgan fingerprint density at radius 2 is 2.20 bits per heavy atom. The first-order valence-electron chi connectivity index (χ1n) is 9.41. The van der Waals surface area contributed by atoms with Crippen molar-refractivity contribution in [1.82, 2.24) is 9.88 Å². The normalized spacial score (nSPS) is 18.4. The summed E-state index contributed by atoms with van der Waals surface area (Å²) in [6, 6.07) is 5.27. The molecule has 2 amide bonds. The Bertz CT molecular complexity index is 1030. The van der Waals surface area contributed by atoms with Gasteiger partial charge in [0.25, 0.3) is 5.91 Å². The number of nitrogens with zero attached hydrogens (tertiary/aromatic N) is 3. The molecule has 1 aromatic heterocycles. The van der Waals surface area contributed by atoms with Crippen molar-refractivity contribution in [1.29, 1.82) is 0 Å². The van der Waals surface area contributed by atoms with Crippen molar-refractivity contribution in [2.24, 2.45) is 0 Å². The second kappa shape index (κ2) is 8.16. The van der Waals surface area contributed by atoms with Gasteiger partial charge in [-0.2, -0.15) is 0 Å². The number of ether oxygens (including phenoxy) is 1. The Kier molecular flexibility index (Phi) is 5.57. The molecular weight excluding hydrogens is 431 g/mol. The zero-order valence-corrected chi connectivity index (χ0v) is 17.6. The lowest BCUT2D eigenvalue weighted by atomic mass is 10.0. The van der Waals surface area contributed by atoms with Crippen LogP contribution in [0, 0.1) is 5.82 Å². The largest absolute Gasteiger partial charge is 0.435 e. The van der Waals surface area contributed by atoms with Gasteiger partial charge in [0.05, 0.1) is 10.7 Å². The van der Waals surface area contributed by atoms with E-state index >= 15 is 0 Å².